The van der Waals surface area contributed by atoms with Crippen molar-refractivity contribution in [2.45, 2.75) is 19.3 Å². The van der Waals surface area contributed by atoms with E-state index in [-0.39, 0.29) is 0 Å². The number of rotatable bonds is 4. The number of ether oxygens (including phenoxy) is 1. The maximum absolute atomic E-state index is 5.41. The van der Waals surface area contributed by atoms with E-state index in [0.717, 1.165) is 58.1 Å². The van der Waals surface area contributed by atoms with Gasteiger partial charge in [0.2, 0.25) is 0 Å². The molecule has 1 saturated heterocycles. The first-order valence-electron chi connectivity index (χ1n) is 10.4. The second-order valence-electron chi connectivity index (χ2n) is 7.62. The molecule has 2 aromatic carbocycles. The van der Waals surface area contributed by atoms with Gasteiger partial charge in [0.25, 0.3) is 0 Å². The largest absolute Gasteiger partial charge is 0.497 e. The molecular weight excluding hydrogens is 372 g/mol. The molecule has 1 fully saturated rings. The lowest BCUT2D eigenvalue weighted by Gasteiger charge is -2.29. The summed E-state index contributed by atoms with van der Waals surface area (Å²) >= 11 is 0. The monoisotopic (exact) mass is 396 g/mol. The molecule has 0 bridgehead atoms. The van der Waals surface area contributed by atoms with Gasteiger partial charge in [-0.2, -0.15) is 0 Å². The highest BCUT2D eigenvalue weighted by Gasteiger charge is 2.18. The summed E-state index contributed by atoms with van der Waals surface area (Å²) in [7, 11) is 1.70. The maximum Gasteiger partial charge on any atom is 0.163 e. The summed E-state index contributed by atoms with van der Waals surface area (Å²) in [5.41, 5.74) is 4.15. The predicted octanol–water partition coefficient (Wildman–Crippen LogP) is 5.36. The second-order valence-corrected chi connectivity index (χ2v) is 7.62. The van der Waals surface area contributed by atoms with Crippen molar-refractivity contribution in [3.8, 4) is 28.3 Å². The minimum Gasteiger partial charge on any atom is -0.497 e. The van der Waals surface area contributed by atoms with Crippen molar-refractivity contribution in [1.29, 1.82) is 0 Å². The number of pyridine rings is 1. The molecule has 5 heteroatoms. The van der Waals surface area contributed by atoms with Gasteiger partial charge in [-0.15, -0.1) is 0 Å². The third-order valence-electron chi connectivity index (χ3n) is 5.65. The highest BCUT2D eigenvalue weighted by Crippen LogP contribution is 2.33. The summed E-state index contributed by atoms with van der Waals surface area (Å²) in [5, 5.41) is 1.09. The van der Waals surface area contributed by atoms with E-state index in [9.17, 15) is 0 Å². The van der Waals surface area contributed by atoms with Crippen molar-refractivity contribution >= 4 is 16.7 Å². The summed E-state index contributed by atoms with van der Waals surface area (Å²) < 4.78 is 5.41. The van der Waals surface area contributed by atoms with Crippen LogP contribution in [0.5, 0.6) is 5.75 Å². The number of nitrogens with zero attached hydrogens (tertiary/aromatic N) is 4. The van der Waals surface area contributed by atoms with Gasteiger partial charge in [0, 0.05) is 36.4 Å². The van der Waals surface area contributed by atoms with Crippen molar-refractivity contribution in [2.75, 3.05) is 25.1 Å². The zero-order valence-electron chi connectivity index (χ0n) is 17.1. The topological polar surface area (TPSA) is 51.1 Å². The van der Waals surface area contributed by atoms with Crippen molar-refractivity contribution in [3.63, 3.8) is 0 Å². The molecule has 1 aliphatic rings. The normalized spacial score (nSPS) is 14.1. The van der Waals surface area contributed by atoms with Gasteiger partial charge in [0.15, 0.2) is 5.82 Å². The van der Waals surface area contributed by atoms with E-state index >= 15 is 0 Å². The molecule has 0 aliphatic carbocycles. The molecule has 0 N–H and O–H groups in total. The zero-order chi connectivity index (χ0) is 20.3. The Morgan fingerprint density at radius 3 is 2.47 bits per heavy atom. The number of hydrogen-bond donors (Lipinski definition) is 0. The molecule has 5 rings (SSSR count). The average Bonchev–Trinajstić information content (AvgIpc) is 2.84. The number of aromatic nitrogens is 3. The van der Waals surface area contributed by atoms with E-state index < -0.39 is 0 Å². The van der Waals surface area contributed by atoms with Gasteiger partial charge in [-0.05, 0) is 66.8 Å². The number of piperidine rings is 1. The molecule has 0 unspecified atom stereocenters. The summed E-state index contributed by atoms with van der Waals surface area (Å²) in [4.78, 5) is 16.5. The van der Waals surface area contributed by atoms with E-state index in [4.69, 9.17) is 14.7 Å². The lowest BCUT2D eigenvalue weighted by atomic mass is 10.0. The molecule has 0 atom stereocenters. The molecule has 4 aromatic rings. The van der Waals surface area contributed by atoms with Crippen LogP contribution < -0.4 is 9.64 Å². The number of anilines is 1. The molecule has 1 aliphatic heterocycles. The SMILES string of the molecule is COc1cccc(-c2ccc3nc(-c4cccnc4)nc(N4CCCCC4)c3c2)c1. The van der Waals surface area contributed by atoms with Crippen LogP contribution in [0.3, 0.4) is 0 Å². The van der Waals surface area contributed by atoms with Crippen molar-refractivity contribution in [3.05, 3.63) is 67.0 Å². The van der Waals surface area contributed by atoms with Crippen molar-refractivity contribution in [2.24, 2.45) is 0 Å². The number of benzene rings is 2. The van der Waals surface area contributed by atoms with Gasteiger partial charge < -0.3 is 9.64 Å². The fourth-order valence-electron chi connectivity index (χ4n) is 4.07. The van der Waals surface area contributed by atoms with E-state index in [1.165, 1.54) is 19.3 Å². The Kier molecular flexibility index (Phi) is 5.01. The Labute approximate surface area is 176 Å². The smallest absolute Gasteiger partial charge is 0.163 e. The average molecular weight is 396 g/mol. The van der Waals surface area contributed by atoms with Crippen molar-refractivity contribution in [1.82, 2.24) is 15.0 Å². The molecule has 0 radical (unpaired) electrons. The van der Waals surface area contributed by atoms with E-state index in [0.29, 0.717) is 0 Å². The summed E-state index contributed by atoms with van der Waals surface area (Å²) in [5.74, 6) is 2.60. The Morgan fingerprint density at radius 2 is 1.67 bits per heavy atom. The van der Waals surface area contributed by atoms with Gasteiger partial charge in [0.1, 0.15) is 11.6 Å². The minimum atomic E-state index is 0.727. The van der Waals surface area contributed by atoms with Gasteiger partial charge in [-0.1, -0.05) is 18.2 Å². The van der Waals surface area contributed by atoms with Crippen LogP contribution in [0.4, 0.5) is 5.82 Å². The molecule has 0 saturated carbocycles. The summed E-state index contributed by atoms with van der Waals surface area (Å²) in [6.45, 7) is 2.06. The highest BCUT2D eigenvalue weighted by molar-refractivity contribution is 5.94. The summed E-state index contributed by atoms with van der Waals surface area (Å²) in [6, 6.07) is 18.5. The maximum atomic E-state index is 5.41. The molecule has 0 spiro atoms. The Bertz CT molecular complexity index is 1170. The molecular formula is C25H24N4O. The fraction of sp³-hybridized carbons (Fsp3) is 0.240. The first-order chi connectivity index (χ1) is 14.8. The lowest BCUT2D eigenvalue weighted by molar-refractivity contribution is 0.415. The van der Waals surface area contributed by atoms with Crippen LogP contribution in [0.15, 0.2) is 67.0 Å². The number of methoxy groups -OCH3 is 1. The van der Waals surface area contributed by atoms with E-state index in [1.54, 1.807) is 13.3 Å². The molecule has 5 nitrogen and oxygen atoms in total. The van der Waals surface area contributed by atoms with Crippen LogP contribution in [-0.2, 0) is 0 Å². The quantitative estimate of drug-likeness (QED) is 0.465. The zero-order valence-corrected chi connectivity index (χ0v) is 17.1. The van der Waals surface area contributed by atoms with Gasteiger partial charge in [-0.3, -0.25) is 4.98 Å². The van der Waals surface area contributed by atoms with Gasteiger partial charge >= 0.3 is 0 Å². The van der Waals surface area contributed by atoms with E-state index in [1.807, 2.05) is 30.5 Å². The van der Waals surface area contributed by atoms with Crippen LogP contribution in [0.2, 0.25) is 0 Å². The third kappa shape index (κ3) is 3.59. The van der Waals surface area contributed by atoms with Crippen LogP contribution >= 0.6 is 0 Å². The lowest BCUT2D eigenvalue weighted by Crippen LogP contribution is -2.30. The molecule has 3 heterocycles. The minimum absolute atomic E-state index is 0.727. The molecule has 2 aromatic heterocycles. The Morgan fingerprint density at radius 1 is 0.833 bits per heavy atom. The van der Waals surface area contributed by atoms with Crippen molar-refractivity contribution < 1.29 is 4.74 Å². The van der Waals surface area contributed by atoms with Crippen LogP contribution in [0.1, 0.15) is 19.3 Å². The fourth-order valence-corrected chi connectivity index (χ4v) is 4.07. The van der Waals surface area contributed by atoms with Crippen LogP contribution in [0, 0.1) is 0 Å². The molecule has 150 valence electrons. The second kappa shape index (κ2) is 8.11. The van der Waals surface area contributed by atoms with Gasteiger partial charge in [-0.25, -0.2) is 9.97 Å². The predicted molar refractivity (Wildman–Crippen MR) is 121 cm³/mol. The first-order valence-corrected chi connectivity index (χ1v) is 10.4. The number of hydrogen-bond acceptors (Lipinski definition) is 5. The standard InChI is InChI=1S/C25H24N4O/c1-30-21-9-5-7-18(15-21)19-10-11-23-22(16-19)25(29-13-3-2-4-14-29)28-24(27-23)20-8-6-12-26-17-20/h5-12,15-17H,2-4,13-14H2,1H3. The number of fused-ring (bicyclic) bond motifs is 1. The molecule has 0 amide bonds. The Hall–Kier alpha value is -3.47. The summed E-state index contributed by atoms with van der Waals surface area (Å²) in [6.07, 6.45) is 7.28. The van der Waals surface area contributed by atoms with Crippen LogP contribution in [-0.4, -0.2) is 35.2 Å². The van der Waals surface area contributed by atoms with E-state index in [2.05, 4.69) is 40.2 Å². The third-order valence-corrected chi connectivity index (χ3v) is 5.65. The Balaban J connectivity index is 1.68. The highest BCUT2D eigenvalue weighted by atomic mass is 16.5. The molecule has 30 heavy (non-hydrogen) atoms. The first kappa shape index (κ1) is 18.6. The van der Waals surface area contributed by atoms with Crippen LogP contribution in [0.25, 0.3) is 33.4 Å². The van der Waals surface area contributed by atoms with Gasteiger partial charge in [0.05, 0.1) is 12.6 Å².